The number of nitrogens with zero attached hydrogens (tertiary/aromatic N) is 1. The summed E-state index contributed by atoms with van der Waals surface area (Å²) in [6.07, 6.45) is 0. The van der Waals surface area contributed by atoms with Crippen molar-refractivity contribution in [3.63, 3.8) is 0 Å². The second-order valence-electron chi connectivity index (χ2n) is 4.36. The van der Waals surface area contributed by atoms with Gasteiger partial charge in [-0.25, -0.2) is 4.79 Å². The van der Waals surface area contributed by atoms with Gasteiger partial charge in [0, 0.05) is 22.5 Å². The SMILES string of the molecule is Cc1[nH]nc(Nc2cccc3c2COC3=O)c1C. The minimum atomic E-state index is -0.261. The lowest BCUT2D eigenvalue weighted by Crippen LogP contribution is -1.98. The molecule has 5 nitrogen and oxygen atoms in total. The van der Waals surface area contributed by atoms with Gasteiger partial charge in [0.05, 0.1) is 5.56 Å². The van der Waals surface area contributed by atoms with E-state index in [0.29, 0.717) is 12.2 Å². The van der Waals surface area contributed by atoms with Crippen LogP contribution in [0.15, 0.2) is 18.2 Å². The van der Waals surface area contributed by atoms with Crippen molar-refractivity contribution in [3.8, 4) is 0 Å². The summed E-state index contributed by atoms with van der Waals surface area (Å²) in [5.41, 5.74) is 4.48. The third-order valence-electron chi connectivity index (χ3n) is 3.25. The predicted molar refractivity (Wildman–Crippen MR) is 66.9 cm³/mol. The summed E-state index contributed by atoms with van der Waals surface area (Å²) >= 11 is 0. The molecule has 2 N–H and O–H groups in total. The van der Waals surface area contributed by atoms with Gasteiger partial charge in [0.25, 0.3) is 0 Å². The second kappa shape index (κ2) is 3.87. The molecule has 0 unspecified atom stereocenters. The second-order valence-corrected chi connectivity index (χ2v) is 4.36. The highest BCUT2D eigenvalue weighted by atomic mass is 16.5. The minimum Gasteiger partial charge on any atom is -0.457 e. The minimum absolute atomic E-state index is 0.261. The number of cyclic esters (lactones) is 1. The molecule has 2 heterocycles. The molecule has 1 aliphatic rings. The maximum absolute atomic E-state index is 11.5. The number of aromatic amines is 1. The Labute approximate surface area is 104 Å². The number of benzene rings is 1. The van der Waals surface area contributed by atoms with Gasteiger partial charge in [0.15, 0.2) is 5.82 Å². The van der Waals surface area contributed by atoms with Gasteiger partial charge in [-0.3, -0.25) is 5.10 Å². The summed E-state index contributed by atoms with van der Waals surface area (Å²) in [6.45, 7) is 4.28. The molecule has 0 saturated carbocycles. The molecule has 0 amide bonds. The van der Waals surface area contributed by atoms with E-state index < -0.39 is 0 Å². The fourth-order valence-electron chi connectivity index (χ4n) is 2.00. The van der Waals surface area contributed by atoms with Crippen LogP contribution >= 0.6 is 0 Å². The number of aryl methyl sites for hydroxylation is 1. The fraction of sp³-hybridized carbons (Fsp3) is 0.231. The molecule has 0 atom stereocenters. The Morgan fingerprint density at radius 2 is 2.22 bits per heavy atom. The molecule has 0 bridgehead atoms. The number of carbonyl (C=O) groups is 1. The van der Waals surface area contributed by atoms with E-state index in [-0.39, 0.29) is 5.97 Å². The lowest BCUT2D eigenvalue weighted by atomic mass is 10.1. The Bertz CT molecular complexity index is 631. The van der Waals surface area contributed by atoms with Crippen molar-refractivity contribution < 1.29 is 9.53 Å². The highest BCUT2D eigenvalue weighted by Crippen LogP contribution is 2.30. The average Bonchev–Trinajstić information content (AvgIpc) is 2.89. The summed E-state index contributed by atoms with van der Waals surface area (Å²) < 4.78 is 5.03. The molecular weight excluding hydrogens is 230 g/mol. The molecule has 3 rings (SSSR count). The Balaban J connectivity index is 2.00. The zero-order chi connectivity index (χ0) is 12.7. The van der Waals surface area contributed by atoms with Crippen LogP contribution in [0.5, 0.6) is 0 Å². The summed E-state index contributed by atoms with van der Waals surface area (Å²) in [7, 11) is 0. The molecule has 92 valence electrons. The number of rotatable bonds is 2. The number of H-pyrrole nitrogens is 1. The molecule has 5 heteroatoms. The number of ether oxygens (including phenoxy) is 1. The van der Waals surface area contributed by atoms with E-state index in [2.05, 4.69) is 15.5 Å². The van der Waals surface area contributed by atoms with Gasteiger partial charge in [-0.2, -0.15) is 5.10 Å². The number of anilines is 2. The van der Waals surface area contributed by atoms with Crippen molar-refractivity contribution in [2.24, 2.45) is 0 Å². The maximum Gasteiger partial charge on any atom is 0.338 e. The quantitative estimate of drug-likeness (QED) is 0.795. The van der Waals surface area contributed by atoms with Crippen LogP contribution in [0.1, 0.15) is 27.2 Å². The van der Waals surface area contributed by atoms with Crippen molar-refractivity contribution in [3.05, 3.63) is 40.6 Å². The van der Waals surface area contributed by atoms with Crippen molar-refractivity contribution >= 4 is 17.5 Å². The number of nitrogens with one attached hydrogen (secondary N) is 2. The first-order chi connectivity index (χ1) is 8.66. The number of hydrogen-bond acceptors (Lipinski definition) is 4. The standard InChI is InChI=1S/C13H13N3O2/c1-7-8(2)15-16-12(7)14-11-5-3-4-9-10(11)6-18-13(9)17/h3-5H,6H2,1-2H3,(H2,14,15,16). The van der Waals surface area contributed by atoms with Gasteiger partial charge in [0.1, 0.15) is 6.61 Å². The summed E-state index contributed by atoms with van der Waals surface area (Å²) in [5, 5.41) is 10.4. The van der Waals surface area contributed by atoms with E-state index >= 15 is 0 Å². The predicted octanol–water partition coefficient (Wildman–Crippen LogP) is 2.44. The Morgan fingerprint density at radius 1 is 1.39 bits per heavy atom. The van der Waals surface area contributed by atoms with Gasteiger partial charge in [-0.1, -0.05) is 6.07 Å². The van der Waals surface area contributed by atoms with Crippen LogP contribution < -0.4 is 5.32 Å². The molecule has 0 fully saturated rings. The lowest BCUT2D eigenvalue weighted by molar-refractivity contribution is 0.0535. The lowest BCUT2D eigenvalue weighted by Gasteiger charge is -2.07. The van der Waals surface area contributed by atoms with Crippen LogP contribution in [-0.2, 0) is 11.3 Å². The van der Waals surface area contributed by atoms with Gasteiger partial charge >= 0.3 is 5.97 Å². The van der Waals surface area contributed by atoms with E-state index in [1.54, 1.807) is 6.07 Å². The third kappa shape index (κ3) is 1.55. The van der Waals surface area contributed by atoms with Gasteiger partial charge in [-0.05, 0) is 26.0 Å². The first-order valence-electron chi connectivity index (χ1n) is 5.74. The Hall–Kier alpha value is -2.30. The van der Waals surface area contributed by atoms with Gasteiger partial charge < -0.3 is 10.1 Å². The molecule has 0 spiro atoms. The van der Waals surface area contributed by atoms with Crippen LogP contribution in [-0.4, -0.2) is 16.2 Å². The molecule has 2 aromatic rings. The van der Waals surface area contributed by atoms with Gasteiger partial charge in [0.2, 0.25) is 0 Å². The van der Waals surface area contributed by atoms with Crippen LogP contribution in [0.2, 0.25) is 0 Å². The normalized spacial score (nSPS) is 13.3. The number of carbonyl (C=O) groups excluding carboxylic acids is 1. The first-order valence-corrected chi connectivity index (χ1v) is 5.74. The monoisotopic (exact) mass is 243 g/mol. The molecule has 1 aromatic heterocycles. The van der Waals surface area contributed by atoms with Crippen molar-refractivity contribution in [1.29, 1.82) is 0 Å². The smallest absolute Gasteiger partial charge is 0.338 e. The summed E-state index contributed by atoms with van der Waals surface area (Å²) in [5.74, 6) is 0.517. The summed E-state index contributed by atoms with van der Waals surface area (Å²) in [4.78, 5) is 11.5. The largest absolute Gasteiger partial charge is 0.457 e. The number of aromatic nitrogens is 2. The van der Waals surface area contributed by atoms with Crippen molar-refractivity contribution in [1.82, 2.24) is 10.2 Å². The van der Waals surface area contributed by atoms with E-state index in [0.717, 1.165) is 28.3 Å². The van der Waals surface area contributed by atoms with Crippen LogP contribution in [0, 0.1) is 13.8 Å². The van der Waals surface area contributed by atoms with Crippen molar-refractivity contribution in [2.45, 2.75) is 20.5 Å². The number of fused-ring (bicyclic) bond motifs is 1. The third-order valence-corrected chi connectivity index (χ3v) is 3.25. The van der Waals surface area contributed by atoms with E-state index in [1.807, 2.05) is 26.0 Å². The van der Waals surface area contributed by atoms with Crippen LogP contribution in [0.25, 0.3) is 0 Å². The molecule has 1 aromatic carbocycles. The zero-order valence-corrected chi connectivity index (χ0v) is 10.2. The highest BCUT2D eigenvalue weighted by molar-refractivity contribution is 5.95. The molecule has 18 heavy (non-hydrogen) atoms. The van der Waals surface area contributed by atoms with E-state index in [9.17, 15) is 4.79 Å². The van der Waals surface area contributed by atoms with E-state index in [1.165, 1.54) is 0 Å². The molecular formula is C13H13N3O2. The average molecular weight is 243 g/mol. The van der Waals surface area contributed by atoms with Gasteiger partial charge in [-0.15, -0.1) is 0 Å². The topological polar surface area (TPSA) is 67.0 Å². The van der Waals surface area contributed by atoms with Crippen LogP contribution in [0.3, 0.4) is 0 Å². The Morgan fingerprint density at radius 3 is 2.94 bits per heavy atom. The molecule has 0 radical (unpaired) electrons. The van der Waals surface area contributed by atoms with Crippen molar-refractivity contribution in [2.75, 3.05) is 5.32 Å². The molecule has 1 aliphatic heterocycles. The number of esters is 1. The maximum atomic E-state index is 11.5. The summed E-state index contributed by atoms with van der Waals surface area (Å²) in [6, 6.07) is 5.53. The highest BCUT2D eigenvalue weighted by Gasteiger charge is 2.23. The first kappa shape index (κ1) is 10.8. The number of hydrogen-bond donors (Lipinski definition) is 2. The molecule has 0 saturated heterocycles. The Kier molecular flexibility index (Phi) is 2.33. The zero-order valence-electron chi connectivity index (χ0n) is 10.2. The molecule has 0 aliphatic carbocycles. The fourth-order valence-corrected chi connectivity index (χ4v) is 2.00. The van der Waals surface area contributed by atoms with Crippen LogP contribution in [0.4, 0.5) is 11.5 Å². The van der Waals surface area contributed by atoms with E-state index in [4.69, 9.17) is 4.74 Å².